The summed E-state index contributed by atoms with van der Waals surface area (Å²) >= 11 is 0. The number of carbonyl (C=O) groups excluding carboxylic acids is 1. The van der Waals surface area contributed by atoms with E-state index in [9.17, 15) is 9.18 Å². The molecule has 1 aliphatic heterocycles. The molecular formula is C24H34FN3O. The topological polar surface area (TPSA) is 44.7 Å². The normalized spacial score (nSPS) is 32.5. The Bertz CT molecular complexity index is 820. The molecule has 0 unspecified atom stereocenters. The van der Waals surface area contributed by atoms with Gasteiger partial charge in [-0.1, -0.05) is 46.2 Å². The molecule has 0 spiro atoms. The van der Waals surface area contributed by atoms with Crippen LogP contribution in [-0.4, -0.2) is 29.3 Å². The van der Waals surface area contributed by atoms with Gasteiger partial charge in [0.15, 0.2) is 0 Å². The number of urea groups is 1. The van der Waals surface area contributed by atoms with Crippen molar-refractivity contribution >= 4 is 11.7 Å². The molecule has 5 heteroatoms. The number of rotatable bonds is 5. The summed E-state index contributed by atoms with van der Waals surface area (Å²) in [5, 5.41) is 9.59. The van der Waals surface area contributed by atoms with Crippen LogP contribution in [-0.2, 0) is 0 Å². The van der Waals surface area contributed by atoms with Gasteiger partial charge in [0.1, 0.15) is 5.82 Å². The molecule has 4 atom stereocenters. The first-order valence-corrected chi connectivity index (χ1v) is 11.2. The molecule has 4 rings (SSSR count). The third kappa shape index (κ3) is 3.36. The molecule has 0 radical (unpaired) electrons. The molecular weight excluding hydrogens is 365 g/mol. The van der Waals surface area contributed by atoms with E-state index in [1.165, 1.54) is 18.9 Å². The Hall–Kier alpha value is -1.91. The zero-order valence-electron chi connectivity index (χ0n) is 18.2. The van der Waals surface area contributed by atoms with Crippen LogP contribution in [0.4, 0.5) is 9.18 Å². The lowest BCUT2D eigenvalue weighted by Crippen LogP contribution is -2.50. The second kappa shape index (κ2) is 7.41. The van der Waals surface area contributed by atoms with Crippen LogP contribution in [0.25, 0.3) is 0 Å². The summed E-state index contributed by atoms with van der Waals surface area (Å²) in [6.07, 6.45) is 6.43. The van der Waals surface area contributed by atoms with Crippen LogP contribution in [0.5, 0.6) is 0 Å². The summed E-state index contributed by atoms with van der Waals surface area (Å²) in [6, 6.07) is 6.81. The highest BCUT2D eigenvalue weighted by atomic mass is 19.1. The zero-order chi connectivity index (χ0) is 20.8. The van der Waals surface area contributed by atoms with Crippen molar-refractivity contribution in [2.45, 2.75) is 78.2 Å². The van der Waals surface area contributed by atoms with E-state index in [-0.39, 0.29) is 34.6 Å². The lowest BCUT2D eigenvalue weighted by atomic mass is 9.69. The van der Waals surface area contributed by atoms with Crippen LogP contribution in [0.3, 0.4) is 0 Å². The number of amides is 2. The van der Waals surface area contributed by atoms with E-state index in [0.717, 1.165) is 37.0 Å². The number of hydrogen-bond acceptors (Lipinski definition) is 2. The predicted octanol–water partition coefficient (Wildman–Crippen LogP) is 5.70. The van der Waals surface area contributed by atoms with Gasteiger partial charge in [-0.2, -0.15) is 5.10 Å². The van der Waals surface area contributed by atoms with E-state index in [0.29, 0.717) is 12.5 Å². The molecule has 3 aliphatic rings. The minimum atomic E-state index is -0.239. The monoisotopic (exact) mass is 399 g/mol. The fourth-order valence-electron chi connectivity index (χ4n) is 5.92. The van der Waals surface area contributed by atoms with Crippen molar-refractivity contribution in [2.75, 3.05) is 6.54 Å². The molecule has 2 bridgehead atoms. The summed E-state index contributed by atoms with van der Waals surface area (Å²) in [5.74, 6) is 0.424. The third-order valence-corrected chi connectivity index (χ3v) is 8.37. The Morgan fingerprint density at radius 1 is 1.34 bits per heavy atom. The first kappa shape index (κ1) is 20.4. The minimum Gasteiger partial charge on any atom is -0.333 e. The van der Waals surface area contributed by atoms with Crippen molar-refractivity contribution in [3.05, 3.63) is 35.6 Å². The van der Waals surface area contributed by atoms with Crippen LogP contribution < -0.4 is 5.32 Å². The fourth-order valence-corrected chi connectivity index (χ4v) is 5.92. The standard InChI is InChI=1S/C24H34FN3O/c1-5-6-10-20-19(16-8-7-9-18(25)13-16)15-28(27-20)22(29)26-21-14-17-11-12-24(21,4)23(17,2)3/h7-9,13,17,19,21H,5-6,10-12,14-15H2,1-4H3,(H,26,29)/t17-,19+,21+,24+/m1/s1. The Morgan fingerprint density at radius 2 is 2.14 bits per heavy atom. The largest absolute Gasteiger partial charge is 0.338 e. The van der Waals surface area contributed by atoms with E-state index in [4.69, 9.17) is 5.10 Å². The van der Waals surface area contributed by atoms with Gasteiger partial charge >= 0.3 is 6.03 Å². The van der Waals surface area contributed by atoms with Crippen LogP contribution in [0.15, 0.2) is 29.4 Å². The smallest absolute Gasteiger partial charge is 0.333 e. The maximum absolute atomic E-state index is 13.8. The quantitative estimate of drug-likeness (QED) is 0.679. The second-order valence-electron chi connectivity index (χ2n) is 10.00. The van der Waals surface area contributed by atoms with Crippen molar-refractivity contribution in [2.24, 2.45) is 21.8 Å². The van der Waals surface area contributed by atoms with Gasteiger partial charge in [0.2, 0.25) is 0 Å². The molecule has 2 fully saturated rings. The highest BCUT2D eigenvalue weighted by Gasteiger charge is 2.61. The molecule has 1 N–H and O–H groups in total. The summed E-state index contributed by atoms with van der Waals surface area (Å²) in [4.78, 5) is 13.1. The van der Waals surface area contributed by atoms with Crippen LogP contribution in [0.1, 0.15) is 77.7 Å². The van der Waals surface area contributed by atoms with E-state index in [1.54, 1.807) is 17.1 Å². The van der Waals surface area contributed by atoms with Gasteiger partial charge in [-0.3, -0.25) is 0 Å². The molecule has 4 nitrogen and oxygen atoms in total. The highest BCUT2D eigenvalue weighted by molar-refractivity contribution is 5.94. The zero-order valence-corrected chi connectivity index (χ0v) is 18.2. The average molecular weight is 400 g/mol. The van der Waals surface area contributed by atoms with Crippen molar-refractivity contribution in [3.63, 3.8) is 0 Å². The number of hydrazone groups is 1. The van der Waals surface area contributed by atoms with Crippen LogP contribution >= 0.6 is 0 Å². The van der Waals surface area contributed by atoms with Crippen molar-refractivity contribution in [1.82, 2.24) is 10.3 Å². The second-order valence-corrected chi connectivity index (χ2v) is 10.00. The highest BCUT2D eigenvalue weighted by Crippen LogP contribution is 2.65. The van der Waals surface area contributed by atoms with Crippen molar-refractivity contribution in [1.29, 1.82) is 0 Å². The minimum absolute atomic E-state index is 0.0185. The van der Waals surface area contributed by atoms with Crippen LogP contribution in [0, 0.1) is 22.6 Å². The van der Waals surface area contributed by atoms with E-state index < -0.39 is 0 Å². The van der Waals surface area contributed by atoms with Gasteiger partial charge in [0.25, 0.3) is 0 Å². The van der Waals surface area contributed by atoms with Gasteiger partial charge in [-0.25, -0.2) is 14.2 Å². The fraction of sp³-hybridized carbons (Fsp3) is 0.667. The molecule has 0 aromatic heterocycles. The summed E-state index contributed by atoms with van der Waals surface area (Å²) in [7, 11) is 0. The van der Waals surface area contributed by atoms with Gasteiger partial charge in [0.05, 0.1) is 6.54 Å². The Balaban J connectivity index is 1.50. The molecule has 1 aromatic carbocycles. The molecule has 0 saturated heterocycles. The number of nitrogens with zero attached hydrogens (tertiary/aromatic N) is 2. The van der Waals surface area contributed by atoms with Crippen molar-refractivity contribution in [3.8, 4) is 0 Å². The Morgan fingerprint density at radius 3 is 2.76 bits per heavy atom. The molecule has 1 aromatic rings. The van der Waals surface area contributed by atoms with E-state index >= 15 is 0 Å². The summed E-state index contributed by atoms with van der Waals surface area (Å²) in [5.41, 5.74) is 2.30. The molecule has 1 heterocycles. The number of benzene rings is 1. The van der Waals surface area contributed by atoms with Crippen LogP contribution in [0.2, 0.25) is 0 Å². The average Bonchev–Trinajstić information content (AvgIpc) is 3.26. The Kier molecular flexibility index (Phi) is 5.20. The lowest BCUT2D eigenvalue weighted by Gasteiger charge is -2.39. The predicted molar refractivity (Wildman–Crippen MR) is 114 cm³/mol. The van der Waals surface area contributed by atoms with E-state index in [2.05, 4.69) is 33.0 Å². The molecule has 2 amide bonds. The first-order valence-electron chi connectivity index (χ1n) is 11.2. The van der Waals surface area contributed by atoms with E-state index in [1.807, 2.05) is 6.07 Å². The van der Waals surface area contributed by atoms with Gasteiger partial charge in [-0.15, -0.1) is 0 Å². The number of nitrogens with one attached hydrogen (secondary N) is 1. The number of hydrogen-bond donors (Lipinski definition) is 1. The summed E-state index contributed by atoms with van der Waals surface area (Å²) < 4.78 is 13.8. The number of halogens is 1. The summed E-state index contributed by atoms with van der Waals surface area (Å²) in [6.45, 7) is 9.68. The lowest BCUT2D eigenvalue weighted by molar-refractivity contribution is 0.118. The number of fused-ring (bicyclic) bond motifs is 2. The Labute approximate surface area is 173 Å². The molecule has 2 saturated carbocycles. The maximum Gasteiger partial charge on any atom is 0.338 e. The molecule has 2 aliphatic carbocycles. The maximum atomic E-state index is 13.8. The van der Waals surface area contributed by atoms with Gasteiger partial charge in [0, 0.05) is 17.7 Å². The molecule has 158 valence electrons. The number of unbranched alkanes of at least 4 members (excludes halogenated alkanes) is 1. The SMILES string of the molecule is CCCCC1=NN(C(=O)N[C@H]2C[C@H]3CC[C@]2(C)C3(C)C)C[C@H]1c1cccc(F)c1. The van der Waals surface area contributed by atoms with Gasteiger partial charge < -0.3 is 5.32 Å². The first-order chi connectivity index (χ1) is 13.8. The van der Waals surface area contributed by atoms with Crippen molar-refractivity contribution < 1.29 is 9.18 Å². The third-order valence-electron chi connectivity index (χ3n) is 8.37. The van der Waals surface area contributed by atoms with Gasteiger partial charge in [-0.05, 0) is 66.5 Å². The number of carbonyl (C=O) groups is 1. The molecule has 29 heavy (non-hydrogen) atoms.